The van der Waals surface area contributed by atoms with Crippen LogP contribution in [-0.4, -0.2) is 47.7 Å². The number of nitrogens with zero attached hydrogens (tertiary/aromatic N) is 3. The number of likely N-dealkylation sites (tertiary alicyclic amines) is 1. The van der Waals surface area contributed by atoms with Crippen LogP contribution in [0.4, 0.5) is 5.82 Å². The van der Waals surface area contributed by atoms with E-state index < -0.39 is 5.97 Å². The van der Waals surface area contributed by atoms with Gasteiger partial charge < -0.3 is 19.9 Å². The number of hydrogen-bond acceptors (Lipinski definition) is 5. The maximum atomic E-state index is 11.7. The van der Waals surface area contributed by atoms with Crippen molar-refractivity contribution in [2.75, 3.05) is 33.0 Å². The maximum absolute atomic E-state index is 11.7. The zero-order valence-electron chi connectivity index (χ0n) is 12.6. The van der Waals surface area contributed by atoms with Crippen LogP contribution in [-0.2, 0) is 17.7 Å². The smallest absolute Gasteiger partial charge is 0.360 e. The molecule has 0 atom stereocenters. The van der Waals surface area contributed by atoms with E-state index in [-0.39, 0.29) is 5.69 Å². The molecular weight excluding hydrogens is 256 g/mol. The number of esters is 1. The summed E-state index contributed by atoms with van der Waals surface area (Å²) in [5.74, 6) is 1.44. The summed E-state index contributed by atoms with van der Waals surface area (Å²) in [5, 5.41) is 0. The minimum Gasteiger partial charge on any atom is -0.464 e. The summed E-state index contributed by atoms with van der Waals surface area (Å²) in [7, 11) is 3.50. The van der Waals surface area contributed by atoms with Crippen LogP contribution in [0, 0.1) is 5.92 Å². The molecule has 1 aliphatic heterocycles. The molecule has 2 N–H and O–H groups in total. The van der Waals surface area contributed by atoms with Gasteiger partial charge in [-0.3, -0.25) is 0 Å². The summed E-state index contributed by atoms with van der Waals surface area (Å²) < 4.78 is 6.72. The third kappa shape index (κ3) is 2.95. The van der Waals surface area contributed by atoms with Gasteiger partial charge >= 0.3 is 5.97 Å². The van der Waals surface area contributed by atoms with Crippen molar-refractivity contribution in [1.29, 1.82) is 0 Å². The van der Waals surface area contributed by atoms with Crippen molar-refractivity contribution < 1.29 is 9.53 Å². The molecule has 112 valence electrons. The normalized spacial score (nSPS) is 17.4. The summed E-state index contributed by atoms with van der Waals surface area (Å²) in [6, 6.07) is 0. The molecule has 2 heterocycles. The Labute approximate surface area is 119 Å². The van der Waals surface area contributed by atoms with Crippen LogP contribution in [0.15, 0.2) is 0 Å². The zero-order chi connectivity index (χ0) is 14.7. The molecular formula is C14H24N4O2. The molecule has 0 bridgehead atoms. The van der Waals surface area contributed by atoms with Crippen molar-refractivity contribution in [2.24, 2.45) is 5.92 Å². The molecule has 0 saturated carbocycles. The molecule has 1 aromatic rings. The lowest BCUT2D eigenvalue weighted by Crippen LogP contribution is -2.32. The number of hydrogen-bond donors (Lipinski definition) is 1. The first-order valence-electron chi connectivity index (χ1n) is 7.18. The maximum Gasteiger partial charge on any atom is 0.360 e. The van der Waals surface area contributed by atoms with Gasteiger partial charge in [-0.05, 0) is 38.9 Å². The van der Waals surface area contributed by atoms with E-state index in [0.717, 1.165) is 44.7 Å². The molecule has 1 aromatic heterocycles. The number of nitrogens with two attached hydrogens (primary N) is 1. The van der Waals surface area contributed by atoms with Crippen LogP contribution < -0.4 is 5.73 Å². The number of aromatic nitrogens is 2. The van der Waals surface area contributed by atoms with Gasteiger partial charge in [0.05, 0.1) is 7.11 Å². The Morgan fingerprint density at radius 2 is 2.10 bits per heavy atom. The Hall–Kier alpha value is -1.56. The summed E-state index contributed by atoms with van der Waals surface area (Å²) in [6.07, 6.45) is 3.07. The average Bonchev–Trinajstić information content (AvgIpc) is 2.77. The molecule has 2 rings (SSSR count). The van der Waals surface area contributed by atoms with Crippen molar-refractivity contribution >= 4 is 11.8 Å². The molecule has 0 aliphatic carbocycles. The number of nitrogen functional groups attached to an aromatic ring is 1. The quantitative estimate of drug-likeness (QED) is 0.838. The lowest BCUT2D eigenvalue weighted by molar-refractivity contribution is 0.0595. The number of ether oxygens (including phenoxy) is 1. The Morgan fingerprint density at radius 3 is 2.65 bits per heavy atom. The Kier molecular flexibility index (Phi) is 4.65. The minimum absolute atomic E-state index is 0.247. The molecule has 6 heteroatoms. The largest absolute Gasteiger partial charge is 0.464 e. The Bertz CT molecular complexity index is 476. The van der Waals surface area contributed by atoms with Crippen LogP contribution in [0.25, 0.3) is 0 Å². The van der Waals surface area contributed by atoms with Gasteiger partial charge in [0.1, 0.15) is 11.6 Å². The van der Waals surface area contributed by atoms with Crippen molar-refractivity contribution in [3.63, 3.8) is 0 Å². The van der Waals surface area contributed by atoms with E-state index in [1.165, 1.54) is 7.11 Å². The molecule has 0 unspecified atom stereocenters. The highest BCUT2D eigenvalue weighted by molar-refractivity contribution is 5.92. The lowest BCUT2D eigenvalue weighted by Gasteiger charge is -2.29. The number of carbonyl (C=O) groups is 1. The Morgan fingerprint density at radius 1 is 1.45 bits per heavy atom. The first-order valence-corrected chi connectivity index (χ1v) is 7.18. The second-order valence-electron chi connectivity index (χ2n) is 5.46. The third-order valence-electron chi connectivity index (χ3n) is 4.06. The number of aryl methyl sites for hydroxylation is 1. The van der Waals surface area contributed by atoms with Crippen molar-refractivity contribution in [3.05, 3.63) is 11.5 Å². The number of carbonyl (C=O) groups excluding carboxylic acids is 1. The van der Waals surface area contributed by atoms with Gasteiger partial charge in [0.15, 0.2) is 5.69 Å². The fourth-order valence-corrected chi connectivity index (χ4v) is 2.74. The van der Waals surface area contributed by atoms with E-state index in [1.807, 2.05) is 11.5 Å². The van der Waals surface area contributed by atoms with Crippen LogP contribution in [0.3, 0.4) is 0 Å². The predicted molar refractivity (Wildman–Crippen MR) is 77.6 cm³/mol. The highest BCUT2D eigenvalue weighted by Crippen LogP contribution is 2.23. The van der Waals surface area contributed by atoms with Gasteiger partial charge in [-0.2, -0.15) is 0 Å². The third-order valence-corrected chi connectivity index (χ3v) is 4.06. The molecule has 6 nitrogen and oxygen atoms in total. The summed E-state index contributed by atoms with van der Waals surface area (Å²) in [5.41, 5.74) is 6.34. The highest BCUT2D eigenvalue weighted by Gasteiger charge is 2.23. The van der Waals surface area contributed by atoms with Crippen LogP contribution in [0.1, 0.15) is 36.1 Å². The van der Waals surface area contributed by atoms with E-state index in [1.54, 1.807) is 0 Å². The topological polar surface area (TPSA) is 73.4 Å². The molecule has 0 spiro atoms. The van der Waals surface area contributed by atoms with Gasteiger partial charge in [0, 0.05) is 13.0 Å². The van der Waals surface area contributed by atoms with Gasteiger partial charge in [-0.15, -0.1) is 0 Å². The highest BCUT2D eigenvalue weighted by atomic mass is 16.5. The van der Waals surface area contributed by atoms with Crippen LogP contribution >= 0.6 is 0 Å². The first kappa shape index (κ1) is 14.8. The summed E-state index contributed by atoms with van der Waals surface area (Å²) in [4.78, 5) is 18.3. The molecule has 1 aliphatic rings. The molecule has 20 heavy (non-hydrogen) atoms. The number of piperidine rings is 1. The van der Waals surface area contributed by atoms with Crippen LogP contribution in [0.5, 0.6) is 0 Å². The fourth-order valence-electron chi connectivity index (χ4n) is 2.74. The van der Waals surface area contributed by atoms with E-state index in [4.69, 9.17) is 10.5 Å². The van der Waals surface area contributed by atoms with Crippen molar-refractivity contribution in [2.45, 2.75) is 32.7 Å². The van der Waals surface area contributed by atoms with Crippen molar-refractivity contribution in [3.8, 4) is 0 Å². The number of anilines is 1. The van der Waals surface area contributed by atoms with Gasteiger partial charge in [0.2, 0.25) is 0 Å². The molecule has 1 fully saturated rings. The van der Waals surface area contributed by atoms with Crippen molar-refractivity contribution in [1.82, 2.24) is 14.5 Å². The van der Waals surface area contributed by atoms with E-state index in [2.05, 4.69) is 16.9 Å². The minimum atomic E-state index is -0.459. The SMILES string of the molecule is CCc1nc(C(=O)OC)c(N)n1CC1CCN(C)CC1. The number of rotatable bonds is 4. The van der Waals surface area contributed by atoms with Gasteiger partial charge in [-0.1, -0.05) is 6.92 Å². The monoisotopic (exact) mass is 280 g/mol. The van der Waals surface area contributed by atoms with Gasteiger partial charge in [0.25, 0.3) is 0 Å². The molecule has 0 aromatic carbocycles. The first-order chi connectivity index (χ1) is 9.56. The molecule has 0 radical (unpaired) electrons. The lowest BCUT2D eigenvalue weighted by atomic mass is 9.97. The van der Waals surface area contributed by atoms with E-state index >= 15 is 0 Å². The van der Waals surface area contributed by atoms with E-state index in [9.17, 15) is 4.79 Å². The average molecular weight is 280 g/mol. The molecule has 0 amide bonds. The summed E-state index contributed by atoms with van der Waals surface area (Å²) in [6.45, 7) is 5.09. The number of methoxy groups -OCH3 is 1. The van der Waals surface area contributed by atoms with E-state index in [0.29, 0.717) is 11.7 Å². The molecule has 1 saturated heterocycles. The number of imidazole rings is 1. The standard InChI is InChI=1S/C14H24N4O2/c1-4-11-16-12(14(19)20-3)13(15)18(11)9-10-5-7-17(2)8-6-10/h10H,4-9,15H2,1-3H3. The zero-order valence-corrected chi connectivity index (χ0v) is 12.6. The Balaban J connectivity index is 2.18. The fraction of sp³-hybridized carbons (Fsp3) is 0.714. The second-order valence-corrected chi connectivity index (χ2v) is 5.46. The summed E-state index contributed by atoms with van der Waals surface area (Å²) >= 11 is 0. The predicted octanol–water partition coefficient (Wildman–Crippen LogP) is 1.16. The van der Waals surface area contributed by atoms with Crippen LogP contribution in [0.2, 0.25) is 0 Å². The van der Waals surface area contributed by atoms with Gasteiger partial charge in [-0.25, -0.2) is 9.78 Å². The second kappa shape index (κ2) is 6.26.